The summed E-state index contributed by atoms with van der Waals surface area (Å²) >= 11 is 0. The fraction of sp³-hybridized carbons (Fsp3) is 0.667. The summed E-state index contributed by atoms with van der Waals surface area (Å²) < 4.78 is 0. The van der Waals surface area contributed by atoms with Crippen LogP contribution in [0.5, 0.6) is 0 Å². The zero-order valence-corrected chi connectivity index (χ0v) is 10.8. The van der Waals surface area contributed by atoms with Crippen molar-refractivity contribution in [3.05, 3.63) is 11.8 Å². The third kappa shape index (κ3) is 4.78. The molecule has 0 radical (unpaired) electrons. The number of carboxylic acids is 1. The average molecular weight is 268 g/mol. The molecule has 4 N–H and O–H groups in total. The predicted molar refractivity (Wildman–Crippen MR) is 70.5 cm³/mol. The van der Waals surface area contributed by atoms with Crippen LogP contribution in [0.1, 0.15) is 25.7 Å². The molecule has 7 nitrogen and oxygen atoms in total. The molecule has 7 heteroatoms. The summed E-state index contributed by atoms with van der Waals surface area (Å²) in [6.45, 7) is 2.68. The molecule has 2 rings (SSSR count). The lowest BCUT2D eigenvalue weighted by Crippen LogP contribution is -2.41. The summed E-state index contributed by atoms with van der Waals surface area (Å²) in [6, 6.07) is 0. The number of hydrogen-bond donors (Lipinski definition) is 4. The highest BCUT2D eigenvalue weighted by molar-refractivity contribution is 5.80. The molecule has 0 bridgehead atoms. The van der Waals surface area contributed by atoms with E-state index in [1.54, 1.807) is 0 Å². The molecule has 0 spiro atoms. The number of allylic oxidation sites excluding steroid dienone is 1. The van der Waals surface area contributed by atoms with Crippen molar-refractivity contribution in [2.24, 2.45) is 4.99 Å². The van der Waals surface area contributed by atoms with E-state index in [0.717, 1.165) is 50.6 Å². The van der Waals surface area contributed by atoms with Gasteiger partial charge in [-0.2, -0.15) is 0 Å². The Bertz CT molecular complexity index is 381. The third-order valence-electron chi connectivity index (χ3n) is 2.92. The molecule has 2 heterocycles. The Hall–Kier alpha value is -1.76. The number of carbonyl (C=O) groups is 1. The zero-order valence-electron chi connectivity index (χ0n) is 10.8. The first-order valence-corrected chi connectivity index (χ1v) is 6.60. The van der Waals surface area contributed by atoms with Gasteiger partial charge in [-0.05, 0) is 25.3 Å². The van der Waals surface area contributed by atoms with Gasteiger partial charge in [0.2, 0.25) is 0 Å². The summed E-state index contributed by atoms with van der Waals surface area (Å²) in [5.74, 6) is 0.0203. The number of nitrogens with zero attached hydrogens (tertiary/aromatic N) is 1. The normalized spacial score (nSPS) is 22.0. The first kappa shape index (κ1) is 13.7. The fourth-order valence-electron chi connectivity index (χ4n) is 1.99. The van der Waals surface area contributed by atoms with Crippen LogP contribution in [0.25, 0.3) is 0 Å². The number of rotatable bonds is 6. The van der Waals surface area contributed by atoms with Gasteiger partial charge in [0.15, 0.2) is 5.96 Å². The van der Waals surface area contributed by atoms with Gasteiger partial charge in [-0.1, -0.05) is 0 Å². The van der Waals surface area contributed by atoms with E-state index in [1.807, 2.05) is 6.08 Å². The lowest BCUT2D eigenvalue weighted by molar-refractivity contribution is -0.139. The van der Waals surface area contributed by atoms with Crippen LogP contribution in [-0.4, -0.2) is 42.8 Å². The lowest BCUT2D eigenvalue weighted by Gasteiger charge is -2.15. The molecule has 0 fully saturated rings. The van der Waals surface area contributed by atoms with Gasteiger partial charge in [0.25, 0.3) is 0 Å². The fourth-order valence-corrected chi connectivity index (χ4v) is 1.99. The average Bonchev–Trinajstić information content (AvgIpc) is 2.83. The van der Waals surface area contributed by atoms with Crippen molar-refractivity contribution in [3.63, 3.8) is 0 Å². The maximum Gasteiger partial charge on any atom is 0.306 e. The van der Waals surface area contributed by atoms with Crippen LogP contribution >= 0.6 is 0 Å². The highest BCUT2D eigenvalue weighted by Crippen LogP contribution is 2.13. The number of nitrogens with one attached hydrogen (secondary N) is 3. The van der Waals surface area contributed by atoms with Crippen molar-refractivity contribution in [1.29, 1.82) is 0 Å². The van der Waals surface area contributed by atoms with E-state index < -0.39 is 5.97 Å². The van der Waals surface area contributed by atoms with Crippen LogP contribution < -0.4 is 16.1 Å². The van der Waals surface area contributed by atoms with E-state index in [9.17, 15) is 4.79 Å². The van der Waals surface area contributed by atoms with E-state index in [-0.39, 0.29) is 12.5 Å². The van der Waals surface area contributed by atoms with Crippen molar-refractivity contribution in [1.82, 2.24) is 16.1 Å². The Morgan fingerprint density at radius 1 is 1.63 bits per heavy atom. The number of guanidine groups is 1. The number of aliphatic carboxylic acids is 1. The van der Waals surface area contributed by atoms with Crippen LogP contribution in [-0.2, 0) is 9.63 Å². The molecule has 106 valence electrons. The molecule has 19 heavy (non-hydrogen) atoms. The molecule has 0 unspecified atom stereocenters. The molecule has 0 amide bonds. The predicted octanol–water partition coefficient (Wildman–Crippen LogP) is -0.0325. The van der Waals surface area contributed by atoms with Crippen molar-refractivity contribution < 1.29 is 14.7 Å². The summed E-state index contributed by atoms with van der Waals surface area (Å²) in [5.41, 5.74) is 3.73. The van der Waals surface area contributed by atoms with Crippen LogP contribution in [0.3, 0.4) is 0 Å². The third-order valence-corrected chi connectivity index (χ3v) is 2.92. The molecule has 2 aliphatic heterocycles. The largest absolute Gasteiger partial charge is 0.481 e. The van der Waals surface area contributed by atoms with E-state index in [1.165, 1.54) is 0 Å². The molecule has 1 atom stereocenters. The smallest absolute Gasteiger partial charge is 0.306 e. The van der Waals surface area contributed by atoms with Crippen LogP contribution in [0.4, 0.5) is 0 Å². The Morgan fingerprint density at radius 2 is 2.53 bits per heavy atom. The summed E-state index contributed by atoms with van der Waals surface area (Å²) in [7, 11) is 0. The van der Waals surface area contributed by atoms with Crippen molar-refractivity contribution in [2.75, 3.05) is 19.6 Å². The van der Waals surface area contributed by atoms with E-state index >= 15 is 0 Å². The topological polar surface area (TPSA) is 95.0 Å². The Kier molecular flexibility index (Phi) is 5.02. The monoisotopic (exact) mass is 268 g/mol. The molecule has 0 saturated heterocycles. The highest BCUT2D eigenvalue weighted by atomic mass is 16.7. The number of hydrogen-bond acceptors (Lipinski definition) is 6. The quantitative estimate of drug-likeness (QED) is 0.505. The first-order valence-electron chi connectivity index (χ1n) is 6.60. The molecule has 0 aromatic rings. The van der Waals surface area contributed by atoms with Gasteiger partial charge in [-0.25, -0.2) is 0 Å². The summed E-state index contributed by atoms with van der Waals surface area (Å²) in [6.07, 6.45) is 4.33. The van der Waals surface area contributed by atoms with E-state index in [2.05, 4.69) is 21.1 Å². The molecule has 2 aliphatic rings. The standard InChI is InChI=1S/C12H20N4O3/c17-11(18)8-10-7-9(16-19-10)3-1-4-13-12-14-5-2-6-15-12/h7,10,16H,1-6,8H2,(H,17,18)(H2,13,14,15)/t10-/m0/s1. The van der Waals surface area contributed by atoms with Gasteiger partial charge in [-0.3, -0.25) is 20.1 Å². The van der Waals surface area contributed by atoms with Crippen LogP contribution in [0.15, 0.2) is 16.8 Å². The summed E-state index contributed by atoms with van der Waals surface area (Å²) in [4.78, 5) is 20.0. The summed E-state index contributed by atoms with van der Waals surface area (Å²) in [5, 5.41) is 15.1. The second-order valence-corrected chi connectivity index (χ2v) is 4.59. The second kappa shape index (κ2) is 6.98. The Labute approximate surface area is 112 Å². The molecular formula is C12H20N4O3. The first-order chi connectivity index (χ1) is 9.24. The maximum absolute atomic E-state index is 10.5. The zero-order chi connectivity index (χ0) is 13.5. The molecule has 0 aromatic carbocycles. The van der Waals surface area contributed by atoms with Crippen molar-refractivity contribution in [3.8, 4) is 0 Å². The Morgan fingerprint density at radius 3 is 3.26 bits per heavy atom. The maximum atomic E-state index is 10.5. The highest BCUT2D eigenvalue weighted by Gasteiger charge is 2.18. The Balaban J connectivity index is 1.61. The molecule has 0 aliphatic carbocycles. The number of hydroxylamine groups is 1. The second-order valence-electron chi connectivity index (χ2n) is 4.59. The minimum atomic E-state index is -0.854. The van der Waals surface area contributed by atoms with Crippen molar-refractivity contribution in [2.45, 2.75) is 31.8 Å². The molecular weight excluding hydrogens is 248 g/mol. The number of carboxylic acid groups (broad SMARTS) is 1. The van der Waals surface area contributed by atoms with Crippen LogP contribution in [0, 0.1) is 0 Å². The van der Waals surface area contributed by atoms with Gasteiger partial charge >= 0.3 is 5.97 Å². The minimum absolute atomic E-state index is 0.00449. The van der Waals surface area contributed by atoms with Gasteiger partial charge < -0.3 is 15.7 Å². The van der Waals surface area contributed by atoms with E-state index in [0.29, 0.717) is 0 Å². The SMILES string of the molecule is O=C(O)C[C@@H]1C=C(CCCNC2=NCCCN2)NO1. The lowest BCUT2D eigenvalue weighted by atomic mass is 10.2. The van der Waals surface area contributed by atoms with Gasteiger partial charge in [-0.15, -0.1) is 0 Å². The van der Waals surface area contributed by atoms with Crippen LogP contribution in [0.2, 0.25) is 0 Å². The van der Waals surface area contributed by atoms with E-state index in [4.69, 9.17) is 9.94 Å². The van der Waals surface area contributed by atoms with Gasteiger partial charge in [0, 0.05) is 25.3 Å². The van der Waals surface area contributed by atoms with Gasteiger partial charge in [0.05, 0.1) is 6.42 Å². The minimum Gasteiger partial charge on any atom is -0.481 e. The number of aliphatic imine (C=N–C) groups is 1. The van der Waals surface area contributed by atoms with Gasteiger partial charge in [0.1, 0.15) is 6.10 Å². The molecule has 0 saturated carbocycles. The van der Waals surface area contributed by atoms with Crippen molar-refractivity contribution >= 4 is 11.9 Å². The molecule has 0 aromatic heterocycles.